The van der Waals surface area contributed by atoms with Crippen LogP contribution in [-0.4, -0.2) is 29.9 Å². The summed E-state index contributed by atoms with van der Waals surface area (Å²) in [6.45, 7) is 5.71. The van der Waals surface area contributed by atoms with E-state index in [1.807, 2.05) is 57.2 Å². The summed E-state index contributed by atoms with van der Waals surface area (Å²) in [6.07, 6.45) is 0. The molecule has 5 heteroatoms. The lowest BCUT2D eigenvalue weighted by molar-refractivity contribution is -0.124. The van der Waals surface area contributed by atoms with Crippen molar-refractivity contribution in [2.24, 2.45) is 5.41 Å². The average molecular weight is 325 g/mol. The summed E-state index contributed by atoms with van der Waals surface area (Å²) in [4.78, 5) is 29.0. The molecule has 2 N–H and O–H groups in total. The van der Waals surface area contributed by atoms with Crippen molar-refractivity contribution in [2.75, 3.05) is 7.05 Å². The predicted molar refractivity (Wildman–Crippen MR) is 94.4 cm³/mol. The minimum Gasteiger partial charge on any atom is -0.357 e. The van der Waals surface area contributed by atoms with Crippen molar-refractivity contribution in [1.82, 2.24) is 15.6 Å². The van der Waals surface area contributed by atoms with Crippen LogP contribution in [0.3, 0.4) is 0 Å². The lowest BCUT2D eigenvalue weighted by atomic mass is 9.86. The SMILES string of the molecule is CNC(=O)C(NC(=O)c1cccc(-c2ccccc2)n1)C(C)(C)C. The first-order valence-corrected chi connectivity index (χ1v) is 7.88. The van der Waals surface area contributed by atoms with Crippen LogP contribution in [0.15, 0.2) is 48.5 Å². The second-order valence-electron chi connectivity index (χ2n) is 6.66. The first-order valence-electron chi connectivity index (χ1n) is 7.88. The Morgan fingerprint density at radius 2 is 1.67 bits per heavy atom. The summed E-state index contributed by atoms with van der Waals surface area (Å²) in [5.74, 6) is -0.591. The fourth-order valence-corrected chi connectivity index (χ4v) is 2.36. The van der Waals surface area contributed by atoms with Gasteiger partial charge in [0.2, 0.25) is 5.91 Å². The van der Waals surface area contributed by atoms with Crippen LogP contribution in [-0.2, 0) is 4.79 Å². The maximum Gasteiger partial charge on any atom is 0.270 e. The molecule has 2 aromatic rings. The van der Waals surface area contributed by atoms with E-state index in [0.717, 1.165) is 11.3 Å². The van der Waals surface area contributed by atoms with Crippen LogP contribution < -0.4 is 10.6 Å². The number of rotatable bonds is 4. The van der Waals surface area contributed by atoms with Crippen molar-refractivity contribution in [2.45, 2.75) is 26.8 Å². The number of likely N-dealkylation sites (N-methyl/N-ethyl adjacent to an activating group) is 1. The molecule has 0 bridgehead atoms. The van der Waals surface area contributed by atoms with Gasteiger partial charge in [0.25, 0.3) is 5.91 Å². The highest BCUT2D eigenvalue weighted by molar-refractivity contribution is 5.96. The molecule has 0 aliphatic heterocycles. The van der Waals surface area contributed by atoms with Gasteiger partial charge < -0.3 is 10.6 Å². The fraction of sp³-hybridized carbons (Fsp3) is 0.316. The Balaban J connectivity index is 2.25. The van der Waals surface area contributed by atoms with Crippen LogP contribution in [0.5, 0.6) is 0 Å². The van der Waals surface area contributed by atoms with E-state index < -0.39 is 11.5 Å². The summed E-state index contributed by atoms with van der Waals surface area (Å²) in [7, 11) is 1.56. The van der Waals surface area contributed by atoms with Gasteiger partial charge in [-0.3, -0.25) is 9.59 Å². The molecule has 126 valence electrons. The molecule has 0 aliphatic rings. The Kier molecular flexibility index (Phi) is 5.34. The molecule has 0 spiro atoms. The predicted octanol–water partition coefficient (Wildman–Crippen LogP) is 2.64. The summed E-state index contributed by atoms with van der Waals surface area (Å²) < 4.78 is 0. The smallest absolute Gasteiger partial charge is 0.270 e. The van der Waals surface area contributed by atoms with Crippen molar-refractivity contribution in [1.29, 1.82) is 0 Å². The zero-order valence-electron chi connectivity index (χ0n) is 14.5. The van der Waals surface area contributed by atoms with E-state index in [2.05, 4.69) is 15.6 Å². The van der Waals surface area contributed by atoms with E-state index in [1.54, 1.807) is 19.2 Å². The summed E-state index contributed by atoms with van der Waals surface area (Å²) in [6, 6.07) is 14.3. The lowest BCUT2D eigenvalue weighted by Crippen LogP contribution is -2.53. The number of nitrogens with one attached hydrogen (secondary N) is 2. The van der Waals surface area contributed by atoms with Crippen LogP contribution in [0.4, 0.5) is 0 Å². The number of benzene rings is 1. The van der Waals surface area contributed by atoms with Gasteiger partial charge in [-0.05, 0) is 17.5 Å². The van der Waals surface area contributed by atoms with Crippen molar-refractivity contribution in [3.63, 3.8) is 0 Å². The summed E-state index contributed by atoms with van der Waals surface area (Å²) >= 11 is 0. The van der Waals surface area contributed by atoms with Gasteiger partial charge in [0.1, 0.15) is 11.7 Å². The first-order chi connectivity index (χ1) is 11.3. The molecule has 1 atom stereocenters. The molecule has 0 radical (unpaired) electrons. The van der Waals surface area contributed by atoms with Crippen molar-refractivity contribution in [3.05, 3.63) is 54.2 Å². The van der Waals surface area contributed by atoms with Crippen LogP contribution in [0.1, 0.15) is 31.3 Å². The number of hydrogen-bond acceptors (Lipinski definition) is 3. The number of amides is 2. The van der Waals surface area contributed by atoms with Gasteiger partial charge in [0.15, 0.2) is 0 Å². The molecular weight excluding hydrogens is 302 g/mol. The second kappa shape index (κ2) is 7.25. The first kappa shape index (κ1) is 17.7. The van der Waals surface area contributed by atoms with Crippen LogP contribution >= 0.6 is 0 Å². The lowest BCUT2D eigenvalue weighted by Gasteiger charge is -2.29. The Labute approximate surface area is 142 Å². The van der Waals surface area contributed by atoms with Gasteiger partial charge in [-0.15, -0.1) is 0 Å². The van der Waals surface area contributed by atoms with Crippen LogP contribution in [0.25, 0.3) is 11.3 Å². The van der Waals surface area contributed by atoms with Crippen molar-refractivity contribution < 1.29 is 9.59 Å². The Morgan fingerprint density at radius 1 is 1.00 bits per heavy atom. The Hall–Kier alpha value is -2.69. The molecule has 0 fully saturated rings. The molecule has 1 aromatic carbocycles. The summed E-state index contributed by atoms with van der Waals surface area (Å²) in [5.41, 5.74) is 1.53. The minimum atomic E-state index is -0.641. The van der Waals surface area contributed by atoms with E-state index in [9.17, 15) is 9.59 Å². The number of carbonyl (C=O) groups excluding carboxylic acids is 2. The zero-order chi connectivity index (χ0) is 17.7. The highest BCUT2D eigenvalue weighted by Crippen LogP contribution is 2.20. The van der Waals surface area contributed by atoms with E-state index in [-0.39, 0.29) is 17.5 Å². The Bertz CT molecular complexity index is 721. The number of nitrogens with zero attached hydrogens (tertiary/aromatic N) is 1. The number of carbonyl (C=O) groups is 2. The van der Waals surface area contributed by atoms with Crippen molar-refractivity contribution >= 4 is 11.8 Å². The topological polar surface area (TPSA) is 71.1 Å². The molecule has 1 aromatic heterocycles. The van der Waals surface area contributed by atoms with Gasteiger partial charge in [0, 0.05) is 12.6 Å². The maximum absolute atomic E-state index is 12.6. The molecule has 0 saturated heterocycles. The molecule has 0 aliphatic carbocycles. The van der Waals surface area contributed by atoms with Gasteiger partial charge in [-0.25, -0.2) is 4.98 Å². The minimum absolute atomic E-state index is 0.227. The number of aromatic nitrogens is 1. The quantitative estimate of drug-likeness (QED) is 0.908. The molecule has 24 heavy (non-hydrogen) atoms. The normalized spacial score (nSPS) is 12.3. The van der Waals surface area contributed by atoms with Crippen molar-refractivity contribution in [3.8, 4) is 11.3 Å². The standard InChI is InChI=1S/C19H23N3O2/c1-19(2,3)16(18(24)20-4)22-17(23)15-12-8-11-14(21-15)13-9-6-5-7-10-13/h5-12,16H,1-4H3,(H,20,24)(H,22,23). The second-order valence-corrected chi connectivity index (χ2v) is 6.66. The highest BCUT2D eigenvalue weighted by atomic mass is 16.2. The van der Waals surface area contributed by atoms with E-state index in [4.69, 9.17) is 0 Å². The Morgan fingerprint density at radius 3 is 2.25 bits per heavy atom. The molecule has 1 unspecified atom stereocenters. The average Bonchev–Trinajstić information content (AvgIpc) is 2.58. The fourth-order valence-electron chi connectivity index (χ4n) is 2.36. The highest BCUT2D eigenvalue weighted by Gasteiger charge is 2.32. The zero-order valence-corrected chi connectivity index (χ0v) is 14.5. The molecule has 0 saturated carbocycles. The third-order valence-corrected chi connectivity index (χ3v) is 3.70. The van der Waals surface area contributed by atoms with E-state index >= 15 is 0 Å². The molecule has 2 rings (SSSR count). The van der Waals surface area contributed by atoms with Gasteiger partial charge in [-0.2, -0.15) is 0 Å². The molecule has 2 amide bonds. The number of hydrogen-bond donors (Lipinski definition) is 2. The van der Waals surface area contributed by atoms with Gasteiger partial charge in [0.05, 0.1) is 5.69 Å². The third-order valence-electron chi connectivity index (χ3n) is 3.70. The maximum atomic E-state index is 12.6. The van der Waals surface area contributed by atoms with E-state index in [0.29, 0.717) is 0 Å². The van der Waals surface area contributed by atoms with Crippen LogP contribution in [0.2, 0.25) is 0 Å². The largest absolute Gasteiger partial charge is 0.357 e. The summed E-state index contributed by atoms with van der Waals surface area (Å²) in [5, 5.41) is 5.38. The molecule has 1 heterocycles. The molecule has 5 nitrogen and oxygen atoms in total. The third kappa shape index (κ3) is 4.19. The van der Waals surface area contributed by atoms with E-state index in [1.165, 1.54) is 0 Å². The monoisotopic (exact) mass is 325 g/mol. The molecular formula is C19H23N3O2. The number of pyridine rings is 1. The van der Waals surface area contributed by atoms with Crippen LogP contribution in [0, 0.1) is 5.41 Å². The van der Waals surface area contributed by atoms with Gasteiger partial charge >= 0.3 is 0 Å². The van der Waals surface area contributed by atoms with Gasteiger partial charge in [-0.1, -0.05) is 57.2 Å².